The molecular formula is C28H30N4O. The minimum absolute atomic E-state index is 0.428. The van der Waals surface area contributed by atoms with E-state index < -0.39 is 11.4 Å². The Morgan fingerprint density at radius 3 is 1.76 bits per heavy atom. The maximum Gasteiger partial charge on any atom is 0.251 e. The number of aromatic nitrogens is 2. The molecule has 5 nitrogen and oxygen atoms in total. The summed E-state index contributed by atoms with van der Waals surface area (Å²) in [5.74, 6) is -0.440. The van der Waals surface area contributed by atoms with E-state index in [0.717, 1.165) is 32.4 Å². The molecule has 4 aromatic rings. The molecule has 168 valence electrons. The highest BCUT2D eigenvalue weighted by atomic mass is 16.1. The first-order valence-corrected chi connectivity index (χ1v) is 11.4. The van der Waals surface area contributed by atoms with Crippen molar-refractivity contribution in [3.05, 3.63) is 126 Å². The number of nitrogens with one attached hydrogen (secondary N) is 1. The molecule has 0 aliphatic rings. The lowest BCUT2D eigenvalue weighted by Gasteiger charge is -2.37. The van der Waals surface area contributed by atoms with Gasteiger partial charge in [0, 0.05) is 12.7 Å². The first-order valence-electron chi connectivity index (χ1n) is 11.4. The first kappa shape index (κ1) is 22.5. The number of nitrogens with zero attached hydrogens (tertiary/aromatic N) is 2. The predicted octanol–water partition coefficient (Wildman–Crippen LogP) is 4.73. The Hall–Kier alpha value is -3.70. The summed E-state index contributed by atoms with van der Waals surface area (Å²) in [6.45, 7) is 1.64. The maximum absolute atomic E-state index is 11.2. The van der Waals surface area contributed by atoms with Crippen LogP contribution in [0.2, 0.25) is 0 Å². The first-order chi connectivity index (χ1) is 16.2. The highest BCUT2D eigenvalue weighted by molar-refractivity contribution is 5.92. The van der Waals surface area contributed by atoms with Crippen LogP contribution >= 0.6 is 0 Å². The number of hydrogen-bond acceptors (Lipinski definition) is 3. The van der Waals surface area contributed by atoms with Crippen LogP contribution in [0.1, 0.15) is 46.3 Å². The van der Waals surface area contributed by atoms with E-state index >= 15 is 0 Å². The quantitative estimate of drug-likeness (QED) is 0.263. The Bertz CT molecular complexity index is 1040. The summed E-state index contributed by atoms with van der Waals surface area (Å²) in [6.07, 6.45) is 6.30. The molecule has 0 saturated heterocycles. The van der Waals surface area contributed by atoms with Gasteiger partial charge in [0.15, 0.2) is 0 Å². The number of primary amides is 1. The molecule has 0 saturated carbocycles. The Kier molecular flexibility index (Phi) is 7.33. The minimum atomic E-state index is -0.440. The van der Waals surface area contributed by atoms with Crippen molar-refractivity contribution in [3.63, 3.8) is 0 Å². The number of rotatable bonds is 11. The second-order valence-electron chi connectivity index (χ2n) is 8.19. The molecule has 0 aliphatic carbocycles. The summed E-state index contributed by atoms with van der Waals surface area (Å²) in [5, 5.41) is 8.13. The normalized spacial score (nSPS) is 11.4. The van der Waals surface area contributed by atoms with Crippen molar-refractivity contribution in [1.82, 2.24) is 15.1 Å². The Balaban J connectivity index is 1.49. The zero-order valence-corrected chi connectivity index (χ0v) is 18.7. The van der Waals surface area contributed by atoms with Gasteiger partial charge in [0.1, 0.15) is 0 Å². The maximum atomic E-state index is 11.2. The molecule has 1 heterocycles. The molecule has 33 heavy (non-hydrogen) atoms. The molecule has 4 rings (SSSR count). The monoisotopic (exact) mass is 438 g/mol. The Labute approximate surface area is 195 Å². The molecule has 0 atom stereocenters. The highest BCUT2D eigenvalue weighted by Crippen LogP contribution is 2.36. The molecule has 5 heteroatoms. The topological polar surface area (TPSA) is 72.9 Å². The minimum Gasteiger partial charge on any atom is -0.366 e. The molecule has 0 bridgehead atoms. The number of hydrogen-bond donors (Lipinski definition) is 2. The average molecular weight is 439 g/mol. The summed E-state index contributed by atoms with van der Waals surface area (Å²) < 4.78 is 1.79. The molecular weight excluding hydrogens is 408 g/mol. The van der Waals surface area contributed by atoms with Crippen LogP contribution in [0.15, 0.2) is 103 Å². The van der Waals surface area contributed by atoms with E-state index in [-0.39, 0.29) is 0 Å². The second kappa shape index (κ2) is 10.7. The molecule has 1 aromatic heterocycles. The van der Waals surface area contributed by atoms with Gasteiger partial charge in [-0.3, -0.25) is 14.8 Å². The van der Waals surface area contributed by atoms with Crippen LogP contribution in [0.3, 0.4) is 0 Å². The van der Waals surface area contributed by atoms with Crippen LogP contribution in [0, 0.1) is 0 Å². The zero-order chi connectivity index (χ0) is 22.9. The van der Waals surface area contributed by atoms with Crippen molar-refractivity contribution in [2.45, 2.75) is 31.3 Å². The van der Waals surface area contributed by atoms with Crippen molar-refractivity contribution in [3.8, 4) is 0 Å². The standard InChI is InChI=1S/C28H30N4O/c29-27(33)23-21-31-32(22-23)20-12-4-11-19-30-28(24-13-5-1-6-14-24,25-15-7-2-8-16-25)26-17-9-3-10-18-26/h1-3,5-10,13-18,21-22,30H,4,11-12,19-20H2,(H2,29,33). The van der Waals surface area contributed by atoms with E-state index in [0.29, 0.717) is 5.56 Å². The number of carbonyl (C=O) groups excluding carboxylic acids is 1. The Morgan fingerprint density at radius 2 is 1.30 bits per heavy atom. The van der Waals surface area contributed by atoms with Gasteiger partial charge < -0.3 is 5.73 Å². The van der Waals surface area contributed by atoms with Gasteiger partial charge in [-0.05, 0) is 36.1 Å². The van der Waals surface area contributed by atoms with Gasteiger partial charge in [-0.25, -0.2) is 0 Å². The van der Waals surface area contributed by atoms with E-state index in [1.165, 1.54) is 22.9 Å². The van der Waals surface area contributed by atoms with E-state index in [2.05, 4.69) is 101 Å². The predicted molar refractivity (Wildman–Crippen MR) is 132 cm³/mol. The van der Waals surface area contributed by atoms with Crippen LogP contribution < -0.4 is 11.1 Å². The third-order valence-corrected chi connectivity index (χ3v) is 5.99. The molecule has 3 N–H and O–H groups in total. The van der Waals surface area contributed by atoms with Gasteiger partial charge >= 0.3 is 0 Å². The molecule has 3 aromatic carbocycles. The summed E-state index contributed by atoms with van der Waals surface area (Å²) in [4.78, 5) is 11.2. The van der Waals surface area contributed by atoms with E-state index in [4.69, 9.17) is 5.73 Å². The number of carbonyl (C=O) groups is 1. The highest BCUT2D eigenvalue weighted by Gasteiger charge is 2.35. The zero-order valence-electron chi connectivity index (χ0n) is 18.7. The van der Waals surface area contributed by atoms with Crippen molar-refractivity contribution in [1.29, 1.82) is 0 Å². The summed E-state index contributed by atoms with van der Waals surface area (Å²) in [6, 6.07) is 31.9. The van der Waals surface area contributed by atoms with Gasteiger partial charge in [0.25, 0.3) is 5.91 Å². The summed E-state index contributed by atoms with van der Waals surface area (Å²) in [7, 11) is 0. The van der Waals surface area contributed by atoms with Crippen molar-refractivity contribution in [2.75, 3.05) is 6.54 Å². The molecule has 0 radical (unpaired) electrons. The number of benzene rings is 3. The van der Waals surface area contributed by atoms with Gasteiger partial charge in [-0.2, -0.15) is 5.10 Å². The third kappa shape index (κ3) is 5.21. The third-order valence-electron chi connectivity index (χ3n) is 5.99. The number of nitrogens with two attached hydrogens (primary N) is 1. The summed E-state index contributed by atoms with van der Waals surface area (Å²) >= 11 is 0. The van der Waals surface area contributed by atoms with Gasteiger partial charge in [0.05, 0.1) is 17.3 Å². The van der Waals surface area contributed by atoms with E-state index in [1.807, 2.05) is 0 Å². The van der Waals surface area contributed by atoms with Crippen LogP contribution in [-0.4, -0.2) is 22.2 Å². The molecule has 0 spiro atoms. The van der Waals surface area contributed by atoms with E-state index in [1.54, 1.807) is 10.9 Å². The summed E-state index contributed by atoms with van der Waals surface area (Å²) in [5.41, 5.74) is 8.99. The second-order valence-corrected chi connectivity index (χ2v) is 8.19. The lowest BCUT2D eigenvalue weighted by atomic mass is 9.77. The fourth-order valence-corrected chi connectivity index (χ4v) is 4.34. The lowest BCUT2D eigenvalue weighted by molar-refractivity contribution is 0.1000. The van der Waals surface area contributed by atoms with Gasteiger partial charge in [0.2, 0.25) is 0 Å². The van der Waals surface area contributed by atoms with Gasteiger partial charge in [-0.1, -0.05) is 97.4 Å². The van der Waals surface area contributed by atoms with E-state index in [9.17, 15) is 4.79 Å². The fourth-order valence-electron chi connectivity index (χ4n) is 4.34. The molecule has 0 unspecified atom stereocenters. The number of unbranched alkanes of at least 4 members (excludes halogenated alkanes) is 2. The Morgan fingerprint density at radius 1 is 0.788 bits per heavy atom. The van der Waals surface area contributed by atoms with Gasteiger partial charge in [-0.15, -0.1) is 0 Å². The number of amides is 1. The van der Waals surface area contributed by atoms with Crippen LogP contribution in [0.25, 0.3) is 0 Å². The lowest BCUT2D eigenvalue weighted by Crippen LogP contribution is -2.45. The molecule has 1 amide bonds. The SMILES string of the molecule is NC(=O)c1cnn(CCCCCNC(c2ccccc2)(c2ccccc2)c2ccccc2)c1. The van der Waals surface area contributed by atoms with Crippen molar-refractivity contribution >= 4 is 5.91 Å². The average Bonchev–Trinajstić information content (AvgIpc) is 3.35. The smallest absolute Gasteiger partial charge is 0.251 e. The fraction of sp³-hybridized carbons (Fsp3) is 0.214. The van der Waals surface area contributed by atoms with Crippen molar-refractivity contribution < 1.29 is 4.79 Å². The van der Waals surface area contributed by atoms with Crippen molar-refractivity contribution in [2.24, 2.45) is 5.73 Å². The largest absolute Gasteiger partial charge is 0.366 e. The number of aryl methyl sites for hydroxylation is 1. The van der Waals surface area contributed by atoms with Crippen LogP contribution in [0.5, 0.6) is 0 Å². The van der Waals surface area contributed by atoms with Crippen LogP contribution in [-0.2, 0) is 12.1 Å². The molecule has 0 aliphatic heterocycles. The van der Waals surface area contributed by atoms with Crippen LogP contribution in [0.4, 0.5) is 0 Å². The molecule has 0 fully saturated rings.